The summed E-state index contributed by atoms with van der Waals surface area (Å²) in [5, 5.41) is 4.41. The summed E-state index contributed by atoms with van der Waals surface area (Å²) >= 11 is 1.27. The molecule has 5 aromatic rings. The molecule has 2 aromatic carbocycles. The topological polar surface area (TPSA) is 77.5 Å². The Labute approximate surface area is 181 Å². The van der Waals surface area contributed by atoms with Crippen LogP contribution in [0.25, 0.3) is 33.7 Å². The molecule has 3 heterocycles. The monoisotopic (exact) mass is 427 g/mol. The van der Waals surface area contributed by atoms with Crippen molar-refractivity contribution in [2.45, 2.75) is 13.8 Å². The fourth-order valence-electron chi connectivity index (χ4n) is 3.36. The average molecular weight is 427 g/mol. The quantitative estimate of drug-likeness (QED) is 0.403. The summed E-state index contributed by atoms with van der Waals surface area (Å²) < 4.78 is 7.72. The molecule has 5 rings (SSSR count). The number of rotatable bonds is 4. The first kappa shape index (κ1) is 19.1. The largest absolute Gasteiger partial charge is 0.457 e. The van der Waals surface area contributed by atoms with Crippen molar-refractivity contribution in [2.24, 2.45) is 0 Å². The number of hydrogen-bond acceptors (Lipinski definition) is 6. The van der Waals surface area contributed by atoms with Gasteiger partial charge in [0.05, 0.1) is 0 Å². The first-order valence-electron chi connectivity index (χ1n) is 9.68. The van der Waals surface area contributed by atoms with Crippen LogP contribution in [0, 0.1) is 6.92 Å². The normalized spacial score (nSPS) is 12.0. The van der Waals surface area contributed by atoms with Crippen LogP contribution in [0.15, 0.2) is 69.9 Å². The number of carbonyl (C=O) groups excluding carboxylic acids is 1. The first-order valence-corrected chi connectivity index (χ1v) is 10.5. The van der Waals surface area contributed by atoms with E-state index in [1.165, 1.54) is 22.8 Å². The summed E-state index contributed by atoms with van der Waals surface area (Å²) in [4.78, 5) is 29.3. The van der Waals surface area contributed by atoms with Gasteiger partial charge in [-0.3, -0.25) is 9.59 Å². The summed E-state index contributed by atoms with van der Waals surface area (Å²) in [5.74, 6) is 1.79. The smallest absolute Gasteiger partial charge is 0.291 e. The second-order valence-corrected chi connectivity index (χ2v) is 8.21. The lowest BCUT2D eigenvalue weighted by Crippen LogP contribution is -2.23. The Kier molecular flexibility index (Phi) is 4.60. The van der Waals surface area contributed by atoms with Crippen molar-refractivity contribution in [2.75, 3.05) is 0 Å². The molecule has 0 unspecified atom stereocenters. The van der Waals surface area contributed by atoms with E-state index in [1.54, 1.807) is 18.2 Å². The van der Waals surface area contributed by atoms with Gasteiger partial charge < -0.3 is 4.42 Å². The molecule has 0 amide bonds. The van der Waals surface area contributed by atoms with Gasteiger partial charge in [0.1, 0.15) is 16.1 Å². The van der Waals surface area contributed by atoms with Crippen molar-refractivity contribution in [1.82, 2.24) is 14.6 Å². The number of ketones is 1. The lowest BCUT2D eigenvalue weighted by Gasteiger charge is -1.98. The molecule has 6 nitrogen and oxygen atoms in total. The molecule has 0 saturated heterocycles. The Hall–Kier alpha value is -3.84. The molecular weight excluding hydrogens is 410 g/mol. The average Bonchev–Trinajstić information content (AvgIpc) is 3.46. The summed E-state index contributed by atoms with van der Waals surface area (Å²) in [6.07, 6.45) is 1.70. The van der Waals surface area contributed by atoms with Crippen molar-refractivity contribution >= 4 is 28.2 Å². The molecule has 3 aromatic heterocycles. The maximum Gasteiger partial charge on any atom is 0.291 e. The Morgan fingerprint density at radius 3 is 2.55 bits per heavy atom. The number of nitrogens with zero attached hydrogens (tertiary/aromatic N) is 3. The SMILES string of the molecule is CC(=O)c1ccc(-c2ccc(C=c3sc4nc(-c5ccccc5C)nn4c3=O)o2)cc1. The molecule has 0 aliphatic heterocycles. The molecule has 0 bridgehead atoms. The van der Waals surface area contributed by atoms with Gasteiger partial charge in [-0.1, -0.05) is 59.9 Å². The Morgan fingerprint density at radius 1 is 1.06 bits per heavy atom. The lowest BCUT2D eigenvalue weighted by molar-refractivity contribution is 0.101. The number of carbonyl (C=O) groups is 1. The van der Waals surface area contributed by atoms with Crippen molar-refractivity contribution in [3.8, 4) is 22.7 Å². The van der Waals surface area contributed by atoms with Crippen LogP contribution < -0.4 is 10.1 Å². The van der Waals surface area contributed by atoms with Crippen LogP contribution in [0.4, 0.5) is 0 Å². The minimum atomic E-state index is -0.226. The Balaban J connectivity index is 1.49. The molecule has 0 N–H and O–H groups in total. The molecule has 152 valence electrons. The Bertz CT molecular complexity index is 1540. The van der Waals surface area contributed by atoms with Crippen LogP contribution in [0.2, 0.25) is 0 Å². The van der Waals surface area contributed by atoms with Crippen LogP contribution in [0.1, 0.15) is 28.6 Å². The third-order valence-electron chi connectivity index (χ3n) is 5.04. The maximum absolute atomic E-state index is 12.8. The van der Waals surface area contributed by atoms with Crippen LogP contribution >= 0.6 is 11.3 Å². The molecule has 0 atom stereocenters. The number of benzene rings is 2. The van der Waals surface area contributed by atoms with Gasteiger partial charge in [0.25, 0.3) is 5.56 Å². The van der Waals surface area contributed by atoms with Gasteiger partial charge in [-0.2, -0.15) is 9.50 Å². The van der Waals surface area contributed by atoms with Gasteiger partial charge in [-0.05, 0) is 31.5 Å². The zero-order valence-electron chi connectivity index (χ0n) is 16.8. The van der Waals surface area contributed by atoms with E-state index in [4.69, 9.17) is 4.42 Å². The van der Waals surface area contributed by atoms with Crippen molar-refractivity contribution in [3.63, 3.8) is 0 Å². The molecule has 0 aliphatic rings. The summed E-state index contributed by atoms with van der Waals surface area (Å²) in [6, 6.07) is 18.7. The minimum Gasteiger partial charge on any atom is -0.457 e. The second-order valence-electron chi connectivity index (χ2n) is 7.20. The predicted octanol–water partition coefficient (Wildman–Crippen LogP) is 4.14. The predicted molar refractivity (Wildman–Crippen MR) is 120 cm³/mol. The number of furan rings is 1. The summed E-state index contributed by atoms with van der Waals surface area (Å²) in [7, 11) is 0. The molecular formula is C24H17N3O3S. The van der Waals surface area contributed by atoms with Gasteiger partial charge in [-0.15, -0.1) is 5.10 Å². The number of thiazole rings is 1. The van der Waals surface area contributed by atoms with Crippen LogP contribution in [-0.2, 0) is 0 Å². The zero-order valence-corrected chi connectivity index (χ0v) is 17.6. The van der Waals surface area contributed by atoms with E-state index in [1.807, 2.05) is 55.5 Å². The fraction of sp³-hybridized carbons (Fsp3) is 0.0833. The third-order valence-corrected chi connectivity index (χ3v) is 6.00. The van der Waals surface area contributed by atoms with Gasteiger partial charge in [-0.25, -0.2) is 0 Å². The fourth-order valence-corrected chi connectivity index (χ4v) is 4.24. The van der Waals surface area contributed by atoms with Crippen molar-refractivity contribution in [1.29, 1.82) is 0 Å². The van der Waals surface area contributed by atoms with Crippen molar-refractivity contribution < 1.29 is 9.21 Å². The Morgan fingerprint density at radius 2 is 1.84 bits per heavy atom. The standard InChI is InChI=1S/C24H17N3O3S/c1-14-5-3-4-6-19(14)22-25-24-27(26-22)23(29)21(31-24)13-18-11-12-20(30-18)17-9-7-16(8-10-17)15(2)28/h3-13H,1-2H3. The number of aryl methyl sites for hydroxylation is 1. The molecule has 0 saturated carbocycles. The highest BCUT2D eigenvalue weighted by Gasteiger charge is 2.13. The second kappa shape index (κ2) is 7.45. The van der Waals surface area contributed by atoms with E-state index >= 15 is 0 Å². The molecule has 0 spiro atoms. The molecule has 31 heavy (non-hydrogen) atoms. The number of aromatic nitrogens is 3. The first-order chi connectivity index (χ1) is 15.0. The van der Waals surface area contributed by atoms with Gasteiger partial charge in [0, 0.05) is 22.8 Å². The number of fused-ring (bicyclic) bond motifs is 1. The summed E-state index contributed by atoms with van der Waals surface area (Å²) in [5.41, 5.74) is 3.25. The van der Waals surface area contributed by atoms with Crippen LogP contribution in [-0.4, -0.2) is 20.4 Å². The molecule has 0 fully saturated rings. The lowest BCUT2D eigenvalue weighted by atomic mass is 10.1. The van der Waals surface area contributed by atoms with E-state index in [0.29, 0.717) is 32.4 Å². The summed E-state index contributed by atoms with van der Waals surface area (Å²) in [6.45, 7) is 3.52. The van der Waals surface area contributed by atoms with Gasteiger partial charge >= 0.3 is 0 Å². The van der Waals surface area contributed by atoms with Crippen molar-refractivity contribution in [3.05, 3.63) is 92.4 Å². The highest BCUT2D eigenvalue weighted by atomic mass is 32.1. The van der Waals surface area contributed by atoms with E-state index in [2.05, 4.69) is 10.1 Å². The maximum atomic E-state index is 12.8. The van der Waals surface area contributed by atoms with E-state index in [0.717, 1.165) is 16.7 Å². The highest BCUT2D eigenvalue weighted by molar-refractivity contribution is 7.15. The van der Waals surface area contributed by atoms with E-state index in [9.17, 15) is 9.59 Å². The third kappa shape index (κ3) is 3.49. The molecule has 0 radical (unpaired) electrons. The van der Waals surface area contributed by atoms with E-state index < -0.39 is 0 Å². The molecule has 7 heteroatoms. The van der Waals surface area contributed by atoms with Crippen LogP contribution in [0.5, 0.6) is 0 Å². The number of Topliss-reactive ketones (excluding diaryl/α,β-unsaturated/α-hetero) is 1. The van der Waals surface area contributed by atoms with E-state index in [-0.39, 0.29) is 11.3 Å². The zero-order chi connectivity index (χ0) is 21.5. The highest BCUT2D eigenvalue weighted by Crippen LogP contribution is 2.23. The van der Waals surface area contributed by atoms with Gasteiger partial charge in [0.15, 0.2) is 11.6 Å². The number of hydrogen-bond donors (Lipinski definition) is 0. The molecule has 0 aliphatic carbocycles. The van der Waals surface area contributed by atoms with Crippen LogP contribution in [0.3, 0.4) is 0 Å². The van der Waals surface area contributed by atoms with Gasteiger partial charge in [0.2, 0.25) is 4.96 Å². The minimum absolute atomic E-state index is 0.0184.